The first-order valence-corrected chi connectivity index (χ1v) is 9.13. The highest BCUT2D eigenvalue weighted by molar-refractivity contribution is 6.23. The molecule has 0 aromatic heterocycles. The molecule has 2 amide bonds. The van der Waals surface area contributed by atoms with E-state index in [4.69, 9.17) is 4.74 Å². The van der Waals surface area contributed by atoms with Gasteiger partial charge in [0.05, 0.1) is 24.8 Å². The van der Waals surface area contributed by atoms with E-state index in [9.17, 15) is 9.59 Å². The number of hydrogen-bond acceptors (Lipinski definition) is 5. The maximum atomic E-state index is 13.0. The highest BCUT2D eigenvalue weighted by Gasteiger charge is 2.44. The lowest BCUT2D eigenvalue weighted by molar-refractivity contribution is -0.123. The molecule has 25 heavy (non-hydrogen) atoms. The summed E-state index contributed by atoms with van der Waals surface area (Å²) in [5, 5.41) is 0. The first-order chi connectivity index (χ1) is 12.1. The molecule has 2 saturated heterocycles. The van der Waals surface area contributed by atoms with Crippen molar-refractivity contribution in [1.82, 2.24) is 9.80 Å². The van der Waals surface area contributed by atoms with Crippen LogP contribution in [0.25, 0.3) is 0 Å². The zero-order chi connectivity index (χ0) is 17.8. The minimum Gasteiger partial charge on any atom is -0.491 e. The Labute approximate surface area is 149 Å². The monoisotopic (exact) mass is 345 g/mol. The second-order valence-corrected chi connectivity index (χ2v) is 6.80. The van der Waals surface area contributed by atoms with Gasteiger partial charge in [0.2, 0.25) is 5.91 Å². The summed E-state index contributed by atoms with van der Waals surface area (Å²) in [6.07, 6.45) is 2.24. The molecule has 2 heterocycles. The number of nitrogens with zero attached hydrogens (tertiary/aromatic N) is 3. The van der Waals surface area contributed by atoms with Crippen molar-refractivity contribution >= 4 is 17.5 Å². The highest BCUT2D eigenvalue weighted by Crippen LogP contribution is 2.33. The molecule has 1 aromatic rings. The van der Waals surface area contributed by atoms with Gasteiger partial charge in [-0.25, -0.2) is 4.90 Å². The smallest absolute Gasteiger partial charge is 0.251 e. The molecule has 1 atom stereocenters. The van der Waals surface area contributed by atoms with Gasteiger partial charge in [0.25, 0.3) is 5.91 Å². The number of ether oxygens (including phenoxy) is 1. The van der Waals surface area contributed by atoms with E-state index < -0.39 is 0 Å². The molecule has 0 saturated carbocycles. The van der Waals surface area contributed by atoms with Gasteiger partial charge in [-0.3, -0.25) is 14.5 Å². The summed E-state index contributed by atoms with van der Waals surface area (Å²) in [5.74, 6) is 0.346. The van der Waals surface area contributed by atoms with Crippen LogP contribution in [-0.4, -0.2) is 67.5 Å². The van der Waals surface area contributed by atoms with Gasteiger partial charge in [0.1, 0.15) is 5.75 Å². The molecule has 0 unspecified atom stereocenters. The molecule has 2 aliphatic heterocycles. The average molecular weight is 345 g/mol. The van der Waals surface area contributed by atoms with E-state index >= 15 is 0 Å². The third-order valence-corrected chi connectivity index (χ3v) is 4.96. The number of anilines is 1. The average Bonchev–Trinajstić information content (AvgIpc) is 2.91. The Morgan fingerprint density at radius 1 is 1.12 bits per heavy atom. The summed E-state index contributed by atoms with van der Waals surface area (Å²) in [5.41, 5.74) is 0.574. The fourth-order valence-electron chi connectivity index (χ4n) is 3.38. The molecule has 2 fully saturated rings. The molecule has 0 N–H and O–H groups in total. The number of unbranched alkanes of at least 4 members (excludes halogenated alkanes) is 1. The van der Waals surface area contributed by atoms with Crippen LogP contribution in [-0.2, 0) is 9.59 Å². The van der Waals surface area contributed by atoms with Crippen LogP contribution in [0.4, 0.5) is 5.69 Å². The fourth-order valence-corrected chi connectivity index (χ4v) is 3.38. The molecular weight excluding hydrogens is 318 g/mol. The first-order valence-electron chi connectivity index (χ1n) is 9.13. The number of piperazine rings is 1. The fraction of sp³-hybridized carbons (Fsp3) is 0.579. The Hall–Kier alpha value is -1.92. The van der Waals surface area contributed by atoms with Crippen molar-refractivity contribution in [2.24, 2.45) is 0 Å². The molecule has 0 bridgehead atoms. The van der Waals surface area contributed by atoms with Crippen molar-refractivity contribution in [3.8, 4) is 5.75 Å². The summed E-state index contributed by atoms with van der Waals surface area (Å²) in [4.78, 5) is 31.3. The number of carbonyl (C=O) groups is 2. The van der Waals surface area contributed by atoms with Gasteiger partial charge in [-0.15, -0.1) is 0 Å². The minimum absolute atomic E-state index is 0.124. The number of imide groups is 1. The van der Waals surface area contributed by atoms with Gasteiger partial charge < -0.3 is 9.64 Å². The number of para-hydroxylation sites is 2. The van der Waals surface area contributed by atoms with E-state index in [0.717, 1.165) is 39.0 Å². The van der Waals surface area contributed by atoms with E-state index in [1.807, 2.05) is 18.2 Å². The Kier molecular flexibility index (Phi) is 5.71. The van der Waals surface area contributed by atoms with Crippen LogP contribution in [0.1, 0.15) is 26.2 Å². The Morgan fingerprint density at radius 2 is 1.84 bits per heavy atom. The first kappa shape index (κ1) is 17.9. The summed E-state index contributed by atoms with van der Waals surface area (Å²) in [6.45, 7) is 6.18. The molecule has 6 nitrogen and oxygen atoms in total. The number of carbonyl (C=O) groups excluding carboxylic acids is 2. The molecule has 0 spiro atoms. The minimum atomic E-state index is -0.343. The molecule has 3 rings (SSSR count). The highest BCUT2D eigenvalue weighted by atomic mass is 16.5. The molecular formula is C19H27N3O3. The van der Waals surface area contributed by atoms with E-state index in [1.54, 1.807) is 6.07 Å². The molecule has 2 aliphatic rings. The van der Waals surface area contributed by atoms with E-state index in [-0.39, 0.29) is 24.3 Å². The molecule has 0 radical (unpaired) electrons. The normalized spacial score (nSPS) is 22.6. The third kappa shape index (κ3) is 3.85. The van der Waals surface area contributed by atoms with Crippen LogP contribution in [0.5, 0.6) is 5.75 Å². The zero-order valence-electron chi connectivity index (χ0n) is 15.1. The Bertz CT molecular complexity index is 626. The van der Waals surface area contributed by atoms with E-state index in [2.05, 4.69) is 23.8 Å². The van der Waals surface area contributed by atoms with Crippen LogP contribution in [0.15, 0.2) is 24.3 Å². The SMILES string of the molecule is CCCCOc1ccccc1N1C(=O)C[C@@H](N2CCN(C)CC2)C1=O. The Morgan fingerprint density at radius 3 is 2.56 bits per heavy atom. The lowest BCUT2D eigenvalue weighted by Crippen LogP contribution is -2.51. The van der Waals surface area contributed by atoms with Crippen molar-refractivity contribution in [1.29, 1.82) is 0 Å². The number of amides is 2. The number of likely N-dealkylation sites (N-methyl/N-ethyl adjacent to an activating group) is 1. The van der Waals surface area contributed by atoms with Gasteiger partial charge in [-0.1, -0.05) is 25.5 Å². The maximum Gasteiger partial charge on any atom is 0.251 e. The molecule has 0 aliphatic carbocycles. The maximum absolute atomic E-state index is 13.0. The summed E-state index contributed by atoms with van der Waals surface area (Å²) in [7, 11) is 2.08. The Balaban J connectivity index is 1.76. The van der Waals surface area contributed by atoms with Crippen LogP contribution in [0.3, 0.4) is 0 Å². The second kappa shape index (κ2) is 7.97. The van der Waals surface area contributed by atoms with Gasteiger partial charge in [0.15, 0.2) is 0 Å². The van der Waals surface area contributed by atoms with Gasteiger partial charge in [-0.2, -0.15) is 0 Å². The van der Waals surface area contributed by atoms with Gasteiger partial charge in [0, 0.05) is 26.2 Å². The zero-order valence-corrected chi connectivity index (χ0v) is 15.1. The number of rotatable bonds is 6. The summed E-state index contributed by atoms with van der Waals surface area (Å²) < 4.78 is 5.82. The van der Waals surface area contributed by atoms with Gasteiger partial charge in [-0.05, 0) is 25.6 Å². The topological polar surface area (TPSA) is 53.1 Å². The molecule has 6 heteroatoms. The predicted octanol–water partition coefficient (Wildman–Crippen LogP) is 1.74. The third-order valence-electron chi connectivity index (χ3n) is 4.96. The summed E-state index contributed by atoms with van der Waals surface area (Å²) in [6, 6.07) is 6.99. The van der Waals surface area contributed by atoms with Crippen molar-refractivity contribution in [2.45, 2.75) is 32.2 Å². The van der Waals surface area contributed by atoms with Crippen molar-refractivity contribution in [2.75, 3.05) is 44.7 Å². The lowest BCUT2D eigenvalue weighted by Gasteiger charge is -2.35. The van der Waals surface area contributed by atoms with Crippen molar-refractivity contribution in [3.05, 3.63) is 24.3 Å². The van der Waals surface area contributed by atoms with Crippen molar-refractivity contribution < 1.29 is 14.3 Å². The van der Waals surface area contributed by atoms with Crippen LogP contribution in [0, 0.1) is 0 Å². The predicted molar refractivity (Wildman–Crippen MR) is 96.8 cm³/mol. The largest absolute Gasteiger partial charge is 0.491 e. The molecule has 136 valence electrons. The lowest BCUT2D eigenvalue weighted by atomic mass is 10.2. The standard InChI is InChI=1S/C19H27N3O3/c1-3-4-13-25-17-8-6-5-7-15(17)22-18(23)14-16(19(22)24)21-11-9-20(2)10-12-21/h5-8,16H,3-4,9-14H2,1-2H3/t16-/m1/s1. The molecule has 1 aromatic carbocycles. The number of benzene rings is 1. The van der Waals surface area contributed by atoms with E-state index in [0.29, 0.717) is 18.0 Å². The van der Waals surface area contributed by atoms with Crippen LogP contribution in [0.2, 0.25) is 0 Å². The number of hydrogen-bond donors (Lipinski definition) is 0. The summed E-state index contributed by atoms with van der Waals surface area (Å²) >= 11 is 0. The van der Waals surface area contributed by atoms with E-state index in [1.165, 1.54) is 4.90 Å². The van der Waals surface area contributed by atoms with Crippen LogP contribution < -0.4 is 9.64 Å². The van der Waals surface area contributed by atoms with Crippen LogP contribution >= 0.6 is 0 Å². The quantitative estimate of drug-likeness (QED) is 0.581. The van der Waals surface area contributed by atoms with Crippen molar-refractivity contribution in [3.63, 3.8) is 0 Å². The second-order valence-electron chi connectivity index (χ2n) is 6.80. The van der Waals surface area contributed by atoms with Gasteiger partial charge >= 0.3 is 0 Å².